The van der Waals surface area contributed by atoms with Crippen LogP contribution in [-0.2, 0) is 11.2 Å². The highest BCUT2D eigenvalue weighted by Gasteiger charge is 2.29. The van der Waals surface area contributed by atoms with Gasteiger partial charge in [0.25, 0.3) is 0 Å². The van der Waals surface area contributed by atoms with Crippen LogP contribution in [0.4, 0.5) is 4.79 Å². The monoisotopic (exact) mass is 295 g/mol. The van der Waals surface area contributed by atoms with E-state index < -0.39 is 0 Å². The number of carbonyl (C=O) groups is 2. The van der Waals surface area contributed by atoms with Gasteiger partial charge in [-0.3, -0.25) is 4.79 Å². The van der Waals surface area contributed by atoms with E-state index in [1.54, 1.807) is 11.3 Å². The fourth-order valence-corrected chi connectivity index (χ4v) is 3.52. The van der Waals surface area contributed by atoms with Gasteiger partial charge in [0.2, 0.25) is 5.91 Å². The van der Waals surface area contributed by atoms with Gasteiger partial charge in [-0.2, -0.15) is 0 Å². The lowest BCUT2D eigenvalue weighted by molar-refractivity contribution is -0.118. The molecule has 1 atom stereocenters. The van der Waals surface area contributed by atoms with Gasteiger partial charge in [0.1, 0.15) is 0 Å². The van der Waals surface area contributed by atoms with Gasteiger partial charge in [-0.25, -0.2) is 4.79 Å². The van der Waals surface area contributed by atoms with Crippen molar-refractivity contribution in [3.8, 4) is 0 Å². The van der Waals surface area contributed by atoms with Crippen molar-refractivity contribution in [3.05, 3.63) is 21.9 Å². The molecule has 2 heterocycles. The Hall–Kier alpha value is -1.56. The molecule has 1 aromatic rings. The standard InChI is InChI=1S/C14H21N3O2S/c1-3-12-11-5-9-20-13(11)4-8-17(12)14(19)16-7-6-15-10(2)18/h5,9,12H,3-4,6-8H2,1-2H3,(H,15,18)(H,16,19)/t12-/m0/s1. The molecule has 20 heavy (non-hydrogen) atoms. The van der Waals surface area contributed by atoms with Crippen LogP contribution in [0.2, 0.25) is 0 Å². The number of amides is 3. The zero-order valence-corrected chi connectivity index (χ0v) is 12.8. The maximum atomic E-state index is 12.2. The van der Waals surface area contributed by atoms with Crippen molar-refractivity contribution in [3.63, 3.8) is 0 Å². The molecule has 0 spiro atoms. The number of urea groups is 1. The second kappa shape index (κ2) is 6.74. The Morgan fingerprint density at radius 1 is 1.40 bits per heavy atom. The Bertz CT molecular complexity index is 487. The van der Waals surface area contributed by atoms with Gasteiger partial charge in [0, 0.05) is 31.4 Å². The van der Waals surface area contributed by atoms with E-state index in [2.05, 4.69) is 29.0 Å². The Morgan fingerprint density at radius 2 is 2.15 bits per heavy atom. The summed E-state index contributed by atoms with van der Waals surface area (Å²) in [7, 11) is 0. The van der Waals surface area contributed by atoms with Crippen LogP contribution in [0.25, 0.3) is 0 Å². The van der Waals surface area contributed by atoms with Gasteiger partial charge in [0.05, 0.1) is 6.04 Å². The van der Waals surface area contributed by atoms with Crippen molar-refractivity contribution in [2.75, 3.05) is 19.6 Å². The van der Waals surface area contributed by atoms with Crippen molar-refractivity contribution >= 4 is 23.3 Å². The summed E-state index contributed by atoms with van der Waals surface area (Å²) in [5.41, 5.74) is 1.29. The second-order valence-corrected chi connectivity index (χ2v) is 5.88. The smallest absolute Gasteiger partial charge is 0.317 e. The van der Waals surface area contributed by atoms with Gasteiger partial charge in [-0.1, -0.05) is 6.92 Å². The fraction of sp³-hybridized carbons (Fsp3) is 0.571. The molecule has 0 aliphatic carbocycles. The number of hydrogen-bond acceptors (Lipinski definition) is 3. The average molecular weight is 295 g/mol. The van der Waals surface area contributed by atoms with Crippen molar-refractivity contribution < 1.29 is 9.59 Å². The van der Waals surface area contributed by atoms with Gasteiger partial charge in [-0.15, -0.1) is 11.3 Å². The van der Waals surface area contributed by atoms with E-state index in [1.807, 2.05) is 4.90 Å². The van der Waals surface area contributed by atoms with Gasteiger partial charge < -0.3 is 15.5 Å². The largest absolute Gasteiger partial charge is 0.355 e. The second-order valence-electron chi connectivity index (χ2n) is 4.88. The summed E-state index contributed by atoms with van der Waals surface area (Å²) < 4.78 is 0. The molecule has 5 nitrogen and oxygen atoms in total. The van der Waals surface area contributed by atoms with E-state index in [-0.39, 0.29) is 18.0 Å². The fourth-order valence-electron chi connectivity index (χ4n) is 2.59. The number of hydrogen-bond donors (Lipinski definition) is 2. The van der Waals surface area contributed by atoms with Gasteiger partial charge in [0.15, 0.2) is 0 Å². The zero-order chi connectivity index (χ0) is 14.5. The molecule has 0 aromatic carbocycles. The van der Waals surface area contributed by atoms with Crippen LogP contribution in [0.15, 0.2) is 11.4 Å². The van der Waals surface area contributed by atoms with E-state index in [9.17, 15) is 9.59 Å². The zero-order valence-electron chi connectivity index (χ0n) is 11.9. The first-order chi connectivity index (χ1) is 9.63. The van der Waals surface area contributed by atoms with Crippen LogP contribution in [0.1, 0.15) is 36.8 Å². The van der Waals surface area contributed by atoms with E-state index in [0.29, 0.717) is 13.1 Å². The molecule has 3 amide bonds. The third-order valence-corrected chi connectivity index (χ3v) is 4.51. The number of nitrogens with one attached hydrogen (secondary N) is 2. The molecule has 0 fully saturated rings. The quantitative estimate of drug-likeness (QED) is 0.834. The summed E-state index contributed by atoms with van der Waals surface area (Å²) in [5, 5.41) is 7.64. The van der Waals surface area contributed by atoms with E-state index in [0.717, 1.165) is 19.4 Å². The Kier molecular flexibility index (Phi) is 5.00. The molecule has 1 aliphatic heterocycles. The minimum absolute atomic E-state index is 0.0425. The average Bonchev–Trinajstić information content (AvgIpc) is 2.90. The first-order valence-corrected chi connectivity index (χ1v) is 7.86. The molecule has 1 aliphatic rings. The van der Waals surface area contributed by atoms with Gasteiger partial charge in [-0.05, 0) is 29.9 Å². The van der Waals surface area contributed by atoms with Crippen LogP contribution >= 0.6 is 11.3 Å². The molecule has 2 N–H and O–H groups in total. The van der Waals surface area contributed by atoms with Gasteiger partial charge >= 0.3 is 6.03 Å². The Morgan fingerprint density at radius 3 is 2.85 bits per heavy atom. The molecule has 0 saturated carbocycles. The van der Waals surface area contributed by atoms with E-state index >= 15 is 0 Å². The third-order valence-electron chi connectivity index (χ3n) is 3.52. The van der Waals surface area contributed by atoms with E-state index in [1.165, 1.54) is 17.4 Å². The number of thiophene rings is 1. The minimum atomic E-state index is -0.0772. The molecule has 0 radical (unpaired) electrons. The maximum absolute atomic E-state index is 12.2. The predicted octanol–water partition coefficient (Wildman–Crippen LogP) is 1.90. The molecule has 0 bridgehead atoms. The molecular formula is C14H21N3O2S. The molecule has 1 aromatic heterocycles. The van der Waals surface area contributed by atoms with Crippen LogP contribution in [0.3, 0.4) is 0 Å². The van der Waals surface area contributed by atoms with Crippen molar-refractivity contribution in [2.24, 2.45) is 0 Å². The first-order valence-electron chi connectivity index (χ1n) is 6.98. The first kappa shape index (κ1) is 14.8. The lowest BCUT2D eigenvalue weighted by Crippen LogP contribution is -2.46. The lowest BCUT2D eigenvalue weighted by Gasteiger charge is -2.35. The SMILES string of the molecule is CC[C@H]1c2ccsc2CCN1C(=O)NCCNC(C)=O. The highest BCUT2D eigenvalue weighted by molar-refractivity contribution is 7.10. The van der Waals surface area contributed by atoms with Crippen molar-refractivity contribution in [1.82, 2.24) is 15.5 Å². The number of carbonyl (C=O) groups excluding carboxylic acids is 2. The number of rotatable bonds is 4. The van der Waals surface area contributed by atoms with Crippen molar-refractivity contribution in [1.29, 1.82) is 0 Å². The third kappa shape index (κ3) is 3.30. The minimum Gasteiger partial charge on any atom is -0.355 e. The highest BCUT2D eigenvalue weighted by Crippen LogP contribution is 2.34. The summed E-state index contributed by atoms with van der Waals surface area (Å²) in [6.07, 6.45) is 1.85. The summed E-state index contributed by atoms with van der Waals surface area (Å²) in [4.78, 5) is 26.3. The summed E-state index contributed by atoms with van der Waals surface area (Å²) in [5.74, 6) is -0.0772. The summed E-state index contributed by atoms with van der Waals surface area (Å²) in [6.45, 7) is 5.27. The molecule has 0 saturated heterocycles. The topological polar surface area (TPSA) is 61.4 Å². The molecule has 2 rings (SSSR count). The molecule has 0 unspecified atom stereocenters. The number of fused-ring (bicyclic) bond motifs is 1. The van der Waals surface area contributed by atoms with Crippen LogP contribution in [0, 0.1) is 0 Å². The van der Waals surface area contributed by atoms with E-state index in [4.69, 9.17) is 0 Å². The Labute approximate surface area is 123 Å². The van der Waals surface area contributed by atoms with Crippen LogP contribution < -0.4 is 10.6 Å². The summed E-state index contributed by atoms with van der Waals surface area (Å²) in [6, 6.07) is 2.26. The highest BCUT2D eigenvalue weighted by atomic mass is 32.1. The van der Waals surface area contributed by atoms with Crippen molar-refractivity contribution in [2.45, 2.75) is 32.7 Å². The van der Waals surface area contributed by atoms with Crippen LogP contribution in [0.5, 0.6) is 0 Å². The number of nitrogens with zero attached hydrogens (tertiary/aromatic N) is 1. The summed E-state index contributed by atoms with van der Waals surface area (Å²) >= 11 is 1.78. The predicted molar refractivity (Wildman–Crippen MR) is 79.8 cm³/mol. The Balaban J connectivity index is 1.91. The molecule has 110 valence electrons. The molecule has 6 heteroatoms. The van der Waals surface area contributed by atoms with Crippen LogP contribution in [-0.4, -0.2) is 36.5 Å². The molecular weight excluding hydrogens is 274 g/mol. The maximum Gasteiger partial charge on any atom is 0.317 e. The lowest BCUT2D eigenvalue weighted by atomic mass is 9.98. The normalized spacial score (nSPS) is 17.5.